The van der Waals surface area contributed by atoms with Gasteiger partial charge in [0.1, 0.15) is 5.75 Å². The second kappa shape index (κ2) is 13.6. The number of hydrogen-bond acceptors (Lipinski definition) is 8. The molecule has 5 rings (SSSR count). The summed E-state index contributed by atoms with van der Waals surface area (Å²) in [6, 6.07) is 22.7. The number of allylic oxidation sites excluding steroid dienone is 3. The molecule has 0 spiro atoms. The smallest absolute Gasteiger partial charge is 0.336 e. The van der Waals surface area contributed by atoms with E-state index in [4.69, 9.17) is 18.9 Å². The normalized spacial score (nSPS) is 17.9. The van der Waals surface area contributed by atoms with Crippen molar-refractivity contribution in [2.24, 2.45) is 0 Å². The number of rotatable bonds is 10. The average molecular weight is 596 g/mol. The third kappa shape index (κ3) is 6.70. The maximum Gasteiger partial charge on any atom is 0.336 e. The SMILES string of the molecule is CCOc1cc([C@H]2C(C(=O)OCCc3ccccc3)=C(C)NC3=C2C(=O)C[C@H](c2ccc(OC)cc2)C3)ccc1OC(C)=O. The first-order valence-corrected chi connectivity index (χ1v) is 14.8. The Balaban J connectivity index is 1.52. The van der Waals surface area contributed by atoms with Crippen molar-refractivity contribution in [2.75, 3.05) is 20.3 Å². The minimum Gasteiger partial charge on any atom is -0.497 e. The van der Waals surface area contributed by atoms with Gasteiger partial charge in [-0.2, -0.15) is 0 Å². The molecule has 0 fully saturated rings. The lowest BCUT2D eigenvalue weighted by Crippen LogP contribution is -2.36. The highest BCUT2D eigenvalue weighted by atomic mass is 16.6. The van der Waals surface area contributed by atoms with E-state index in [1.165, 1.54) is 6.92 Å². The van der Waals surface area contributed by atoms with E-state index in [2.05, 4.69) is 5.32 Å². The van der Waals surface area contributed by atoms with Gasteiger partial charge in [-0.25, -0.2) is 4.79 Å². The third-order valence-corrected chi connectivity index (χ3v) is 7.96. The quantitative estimate of drug-likeness (QED) is 0.220. The van der Waals surface area contributed by atoms with Gasteiger partial charge in [0.2, 0.25) is 0 Å². The molecule has 0 radical (unpaired) electrons. The number of ketones is 1. The van der Waals surface area contributed by atoms with E-state index < -0.39 is 17.9 Å². The standard InChI is InChI=1S/C36H37NO7/c1-5-42-32-21-26(13-16-31(32)44-23(3)38)34-33(36(40)43-18-17-24-9-7-6-8-10-24)22(2)37-29-19-27(20-30(39)35(29)34)25-11-14-28(41-4)15-12-25/h6-16,21,27,34,37H,5,17-20H2,1-4H3/t27-,34+/m1/s1. The van der Waals surface area contributed by atoms with Gasteiger partial charge in [-0.15, -0.1) is 0 Å². The van der Waals surface area contributed by atoms with Crippen LogP contribution in [-0.4, -0.2) is 38.0 Å². The Hall–Kier alpha value is -4.85. The summed E-state index contributed by atoms with van der Waals surface area (Å²) in [7, 11) is 1.62. The first-order chi connectivity index (χ1) is 21.3. The summed E-state index contributed by atoms with van der Waals surface area (Å²) in [4.78, 5) is 39.5. The predicted octanol–water partition coefficient (Wildman–Crippen LogP) is 6.17. The summed E-state index contributed by atoms with van der Waals surface area (Å²) >= 11 is 0. The van der Waals surface area contributed by atoms with Gasteiger partial charge < -0.3 is 24.3 Å². The summed E-state index contributed by atoms with van der Waals surface area (Å²) in [5.74, 6) is -0.353. The van der Waals surface area contributed by atoms with Crippen LogP contribution in [0.1, 0.15) is 62.1 Å². The minimum atomic E-state index is -0.689. The number of ether oxygens (including phenoxy) is 4. The van der Waals surface area contributed by atoms with E-state index in [1.807, 2.05) is 68.4 Å². The molecule has 228 valence electrons. The molecule has 3 aromatic rings. The molecular weight excluding hydrogens is 558 g/mol. The maximum atomic E-state index is 14.0. The van der Waals surface area contributed by atoms with Crippen molar-refractivity contribution in [3.8, 4) is 17.2 Å². The van der Waals surface area contributed by atoms with Gasteiger partial charge in [0.25, 0.3) is 0 Å². The molecule has 0 saturated heterocycles. The van der Waals surface area contributed by atoms with E-state index in [1.54, 1.807) is 25.3 Å². The Morgan fingerprint density at radius 1 is 0.932 bits per heavy atom. The summed E-state index contributed by atoms with van der Waals surface area (Å²) in [6.07, 6.45) is 1.46. The number of carbonyl (C=O) groups is 3. The number of esters is 2. The molecule has 0 amide bonds. The van der Waals surface area contributed by atoms with Crippen LogP contribution in [0.3, 0.4) is 0 Å². The summed E-state index contributed by atoms with van der Waals surface area (Å²) in [5.41, 5.74) is 5.10. The first-order valence-electron chi connectivity index (χ1n) is 14.8. The van der Waals surface area contributed by atoms with Crippen LogP contribution in [0.15, 0.2) is 95.3 Å². The molecule has 3 aromatic carbocycles. The Morgan fingerprint density at radius 2 is 1.66 bits per heavy atom. The molecule has 8 heteroatoms. The molecule has 1 aliphatic carbocycles. The molecule has 1 heterocycles. The Bertz CT molecular complexity index is 1610. The molecule has 0 aromatic heterocycles. The van der Waals surface area contributed by atoms with E-state index in [9.17, 15) is 14.4 Å². The number of methoxy groups -OCH3 is 1. The summed E-state index contributed by atoms with van der Waals surface area (Å²) < 4.78 is 22.3. The molecule has 0 saturated carbocycles. The van der Waals surface area contributed by atoms with Crippen LogP contribution in [0.25, 0.3) is 0 Å². The van der Waals surface area contributed by atoms with Gasteiger partial charge in [0.05, 0.1) is 25.9 Å². The van der Waals surface area contributed by atoms with Crippen LogP contribution in [0, 0.1) is 0 Å². The zero-order chi connectivity index (χ0) is 31.2. The average Bonchev–Trinajstić information content (AvgIpc) is 3.01. The Labute approximate surface area is 257 Å². The predicted molar refractivity (Wildman–Crippen MR) is 166 cm³/mol. The second-order valence-corrected chi connectivity index (χ2v) is 10.9. The van der Waals surface area contributed by atoms with Crippen molar-refractivity contribution >= 4 is 17.7 Å². The van der Waals surface area contributed by atoms with Crippen molar-refractivity contribution in [2.45, 2.75) is 51.9 Å². The maximum absolute atomic E-state index is 14.0. The van der Waals surface area contributed by atoms with E-state index in [-0.39, 0.29) is 24.1 Å². The molecule has 1 N–H and O–H groups in total. The van der Waals surface area contributed by atoms with Crippen LogP contribution in [-0.2, 0) is 25.5 Å². The van der Waals surface area contributed by atoms with Crippen molar-refractivity contribution < 1.29 is 33.3 Å². The van der Waals surface area contributed by atoms with Crippen molar-refractivity contribution in [1.29, 1.82) is 0 Å². The summed E-state index contributed by atoms with van der Waals surface area (Å²) in [5, 5.41) is 3.40. The Morgan fingerprint density at radius 3 is 2.34 bits per heavy atom. The minimum absolute atomic E-state index is 0.0298. The molecule has 2 atom stereocenters. The fraction of sp³-hybridized carbons (Fsp3) is 0.306. The fourth-order valence-corrected chi connectivity index (χ4v) is 5.95. The molecular formula is C36H37NO7. The number of hydrogen-bond donors (Lipinski definition) is 1. The van der Waals surface area contributed by atoms with Crippen molar-refractivity contribution in [3.05, 3.63) is 112 Å². The zero-order valence-corrected chi connectivity index (χ0v) is 25.5. The largest absolute Gasteiger partial charge is 0.497 e. The van der Waals surface area contributed by atoms with Gasteiger partial charge in [-0.1, -0.05) is 48.5 Å². The van der Waals surface area contributed by atoms with Gasteiger partial charge in [-0.05, 0) is 67.1 Å². The van der Waals surface area contributed by atoms with Crippen molar-refractivity contribution in [1.82, 2.24) is 5.32 Å². The van der Waals surface area contributed by atoms with E-state index >= 15 is 0 Å². The molecule has 1 aliphatic heterocycles. The lowest BCUT2D eigenvalue weighted by atomic mass is 9.71. The number of Topliss-reactive ketones (excluding diaryl/α,β-unsaturated/α-hetero) is 1. The molecule has 8 nitrogen and oxygen atoms in total. The molecule has 44 heavy (non-hydrogen) atoms. The fourth-order valence-electron chi connectivity index (χ4n) is 5.95. The number of nitrogens with one attached hydrogen (secondary N) is 1. The van der Waals surface area contributed by atoms with Crippen LogP contribution >= 0.6 is 0 Å². The number of benzene rings is 3. The number of dihydropyridines is 1. The highest BCUT2D eigenvalue weighted by Gasteiger charge is 2.41. The van der Waals surface area contributed by atoms with E-state index in [0.29, 0.717) is 54.0 Å². The monoisotopic (exact) mass is 595 g/mol. The van der Waals surface area contributed by atoms with Crippen LogP contribution in [0.2, 0.25) is 0 Å². The topological polar surface area (TPSA) is 100 Å². The van der Waals surface area contributed by atoms with E-state index in [0.717, 1.165) is 22.6 Å². The van der Waals surface area contributed by atoms with Gasteiger partial charge in [0.15, 0.2) is 17.3 Å². The first kappa shape index (κ1) is 30.6. The summed E-state index contributed by atoms with van der Waals surface area (Å²) in [6.45, 7) is 5.52. The van der Waals surface area contributed by atoms with Gasteiger partial charge in [0, 0.05) is 42.7 Å². The zero-order valence-electron chi connectivity index (χ0n) is 25.5. The van der Waals surface area contributed by atoms with Crippen LogP contribution < -0.4 is 19.5 Å². The van der Waals surface area contributed by atoms with Crippen molar-refractivity contribution in [3.63, 3.8) is 0 Å². The van der Waals surface area contributed by atoms with Crippen LogP contribution in [0.4, 0.5) is 0 Å². The number of carbonyl (C=O) groups excluding carboxylic acids is 3. The molecule has 2 aliphatic rings. The van der Waals surface area contributed by atoms with Crippen LogP contribution in [0.5, 0.6) is 17.2 Å². The molecule has 0 bridgehead atoms. The highest BCUT2D eigenvalue weighted by molar-refractivity contribution is 6.04. The van der Waals surface area contributed by atoms with Gasteiger partial charge >= 0.3 is 11.9 Å². The lowest BCUT2D eigenvalue weighted by molar-refractivity contribution is -0.139. The highest BCUT2D eigenvalue weighted by Crippen LogP contribution is 2.47. The molecule has 0 unspecified atom stereocenters. The Kier molecular flexibility index (Phi) is 9.48. The van der Waals surface area contributed by atoms with Gasteiger partial charge in [-0.3, -0.25) is 9.59 Å². The second-order valence-electron chi connectivity index (χ2n) is 10.9. The third-order valence-electron chi connectivity index (χ3n) is 7.96. The lowest BCUT2D eigenvalue weighted by Gasteiger charge is -2.37.